The number of piperidine rings is 1. The van der Waals surface area contributed by atoms with Gasteiger partial charge in [0.15, 0.2) is 0 Å². The van der Waals surface area contributed by atoms with Crippen LogP contribution in [-0.4, -0.2) is 43.2 Å². The number of carbonyl (C=O) groups excluding carboxylic acids is 1. The zero-order chi connectivity index (χ0) is 21.0. The van der Waals surface area contributed by atoms with Gasteiger partial charge in [0.2, 0.25) is 15.9 Å². The van der Waals surface area contributed by atoms with Crippen LogP contribution < -0.4 is 0 Å². The summed E-state index contributed by atoms with van der Waals surface area (Å²) in [7, 11) is -3.94. The average Bonchev–Trinajstić information content (AvgIpc) is 2.70. The van der Waals surface area contributed by atoms with E-state index in [1.54, 1.807) is 23.1 Å². The largest absolute Gasteiger partial charge is 0.342 e. The topological polar surface area (TPSA) is 57.7 Å². The van der Waals surface area contributed by atoms with Gasteiger partial charge < -0.3 is 4.90 Å². The molecule has 2 aromatic rings. The minimum atomic E-state index is -3.94. The van der Waals surface area contributed by atoms with E-state index in [2.05, 4.69) is 0 Å². The first-order valence-electron chi connectivity index (χ1n) is 9.25. The molecule has 1 amide bonds. The van der Waals surface area contributed by atoms with E-state index in [1.807, 2.05) is 0 Å². The van der Waals surface area contributed by atoms with Crippen LogP contribution in [0.5, 0.6) is 0 Å². The Balaban J connectivity index is 1.91. The second-order valence-corrected chi connectivity index (χ2v) is 10.1. The van der Waals surface area contributed by atoms with Gasteiger partial charge in [-0.05, 0) is 61.2 Å². The molecule has 29 heavy (non-hydrogen) atoms. The molecule has 5 nitrogen and oxygen atoms in total. The molecule has 0 atom stereocenters. The highest BCUT2D eigenvalue weighted by Crippen LogP contribution is 2.26. The summed E-state index contributed by atoms with van der Waals surface area (Å²) in [4.78, 5) is 14.6. The molecule has 3 rings (SSSR count). The van der Waals surface area contributed by atoms with Gasteiger partial charge in [-0.3, -0.25) is 4.79 Å². The molecule has 0 saturated carbocycles. The summed E-state index contributed by atoms with van der Waals surface area (Å²) in [5, 5.41) is 1.23. The molecule has 0 spiro atoms. The van der Waals surface area contributed by atoms with Gasteiger partial charge in [-0.2, -0.15) is 4.31 Å². The Morgan fingerprint density at radius 3 is 2.17 bits per heavy atom. The molecule has 0 bridgehead atoms. The molecule has 156 valence electrons. The van der Waals surface area contributed by atoms with Crippen LogP contribution in [0.25, 0.3) is 0 Å². The van der Waals surface area contributed by atoms with Gasteiger partial charge >= 0.3 is 0 Å². The van der Waals surface area contributed by atoms with Crippen LogP contribution in [0, 0.1) is 0 Å². The maximum atomic E-state index is 13.3. The first-order chi connectivity index (χ1) is 13.8. The second-order valence-electron chi connectivity index (χ2n) is 6.90. The monoisotopic (exact) mass is 474 g/mol. The highest BCUT2D eigenvalue weighted by molar-refractivity contribution is 7.89. The summed E-state index contributed by atoms with van der Waals surface area (Å²) < 4.78 is 27.7. The predicted molar refractivity (Wildman–Crippen MR) is 116 cm³/mol. The number of hydrogen-bond acceptors (Lipinski definition) is 3. The number of carbonyl (C=O) groups is 1. The van der Waals surface area contributed by atoms with Crippen molar-refractivity contribution in [2.75, 3.05) is 19.6 Å². The Kier molecular flexibility index (Phi) is 7.46. The van der Waals surface area contributed by atoms with Crippen LogP contribution >= 0.6 is 34.8 Å². The highest BCUT2D eigenvalue weighted by Gasteiger charge is 2.29. The van der Waals surface area contributed by atoms with Gasteiger partial charge in [0, 0.05) is 34.7 Å². The molecule has 1 saturated heterocycles. The predicted octanol–water partition coefficient (Wildman–Crippen LogP) is 4.85. The molecular weight excluding hydrogens is 455 g/mol. The number of nitrogens with zero attached hydrogens (tertiary/aromatic N) is 2. The summed E-state index contributed by atoms with van der Waals surface area (Å²) in [6.07, 6.45) is 2.94. The smallest absolute Gasteiger partial charge is 0.243 e. The minimum absolute atomic E-state index is 0.0411. The van der Waals surface area contributed by atoms with Crippen molar-refractivity contribution in [2.24, 2.45) is 0 Å². The fourth-order valence-electron chi connectivity index (χ4n) is 3.22. The van der Waals surface area contributed by atoms with Gasteiger partial charge in [0.25, 0.3) is 0 Å². The number of likely N-dealkylation sites (tertiary alicyclic amines) is 1. The van der Waals surface area contributed by atoms with Crippen LogP contribution in [0.15, 0.2) is 47.4 Å². The Hall–Kier alpha value is -1.31. The van der Waals surface area contributed by atoms with Gasteiger partial charge in [-0.1, -0.05) is 40.9 Å². The third-order valence-electron chi connectivity index (χ3n) is 4.83. The number of rotatable bonds is 6. The maximum Gasteiger partial charge on any atom is 0.243 e. The zero-order valence-electron chi connectivity index (χ0n) is 15.7. The Labute approximate surface area is 186 Å². The van der Waals surface area contributed by atoms with Gasteiger partial charge in [-0.15, -0.1) is 0 Å². The van der Waals surface area contributed by atoms with Crippen LogP contribution in [0.2, 0.25) is 15.1 Å². The van der Waals surface area contributed by atoms with Gasteiger partial charge in [0.05, 0.1) is 11.4 Å². The van der Waals surface area contributed by atoms with Crippen LogP contribution in [0.1, 0.15) is 24.8 Å². The lowest BCUT2D eigenvalue weighted by molar-refractivity contribution is -0.132. The number of halogens is 3. The Morgan fingerprint density at radius 1 is 0.931 bits per heavy atom. The molecule has 0 radical (unpaired) electrons. The van der Waals surface area contributed by atoms with E-state index in [0.717, 1.165) is 23.6 Å². The van der Waals surface area contributed by atoms with Crippen molar-refractivity contribution in [3.05, 3.63) is 63.1 Å². The second kappa shape index (κ2) is 9.67. The van der Waals surface area contributed by atoms with E-state index in [9.17, 15) is 13.2 Å². The number of benzene rings is 2. The molecule has 2 aromatic carbocycles. The molecule has 1 aliphatic rings. The normalized spacial score (nSPS) is 15.0. The molecular formula is C20H21Cl3N2O3S. The van der Waals surface area contributed by atoms with E-state index >= 15 is 0 Å². The highest BCUT2D eigenvalue weighted by atomic mass is 35.5. The van der Waals surface area contributed by atoms with Crippen LogP contribution in [0.4, 0.5) is 0 Å². The number of sulfonamides is 1. The summed E-state index contributed by atoms with van der Waals surface area (Å²) >= 11 is 18.1. The molecule has 9 heteroatoms. The van der Waals surface area contributed by atoms with E-state index in [1.165, 1.54) is 24.3 Å². The van der Waals surface area contributed by atoms with Crippen molar-refractivity contribution in [3.8, 4) is 0 Å². The lowest BCUT2D eigenvalue weighted by Gasteiger charge is -2.30. The van der Waals surface area contributed by atoms with Crippen molar-refractivity contribution in [1.29, 1.82) is 0 Å². The van der Waals surface area contributed by atoms with E-state index in [4.69, 9.17) is 34.8 Å². The van der Waals surface area contributed by atoms with Gasteiger partial charge in [0.1, 0.15) is 0 Å². The summed E-state index contributed by atoms with van der Waals surface area (Å²) in [6.45, 7) is 0.995. The molecule has 0 unspecified atom stereocenters. The first-order valence-corrected chi connectivity index (χ1v) is 11.8. The van der Waals surface area contributed by atoms with Crippen molar-refractivity contribution >= 4 is 50.7 Å². The van der Waals surface area contributed by atoms with Crippen molar-refractivity contribution in [2.45, 2.75) is 30.7 Å². The van der Waals surface area contributed by atoms with E-state index in [0.29, 0.717) is 33.7 Å². The lowest BCUT2D eigenvalue weighted by Crippen LogP contribution is -2.44. The summed E-state index contributed by atoms with van der Waals surface area (Å²) in [6, 6.07) is 10.7. The van der Waals surface area contributed by atoms with Crippen LogP contribution in [-0.2, 0) is 21.4 Å². The number of hydrogen-bond donors (Lipinski definition) is 0. The lowest BCUT2D eigenvalue weighted by atomic mass is 10.1. The molecule has 0 aliphatic carbocycles. The molecule has 1 fully saturated rings. The zero-order valence-corrected chi connectivity index (χ0v) is 18.7. The molecule has 0 aromatic heterocycles. The third kappa shape index (κ3) is 5.64. The minimum Gasteiger partial charge on any atom is -0.342 e. The molecule has 0 N–H and O–H groups in total. The fourth-order valence-corrected chi connectivity index (χ4v) is 5.18. The molecule has 1 heterocycles. The standard InChI is InChI=1S/C20H21Cl3N2O3S/c21-16-6-8-18(9-7-16)29(27,28)25(13-15-4-5-17(22)12-19(15)23)14-20(26)24-10-2-1-3-11-24/h4-9,12H,1-3,10-11,13-14H2. The molecule has 1 aliphatic heterocycles. The van der Waals surface area contributed by atoms with Gasteiger partial charge in [-0.25, -0.2) is 8.42 Å². The third-order valence-corrected chi connectivity index (χ3v) is 7.48. The van der Waals surface area contributed by atoms with E-state index in [-0.39, 0.29) is 23.9 Å². The SMILES string of the molecule is O=C(CN(Cc1ccc(Cl)cc1Cl)S(=O)(=O)c1ccc(Cl)cc1)N1CCCCC1. The summed E-state index contributed by atoms with van der Waals surface area (Å²) in [5.74, 6) is -0.215. The quantitative estimate of drug-likeness (QED) is 0.600. The van der Waals surface area contributed by atoms with Crippen molar-refractivity contribution < 1.29 is 13.2 Å². The first kappa shape index (κ1) is 22.4. The average molecular weight is 476 g/mol. The maximum absolute atomic E-state index is 13.3. The van der Waals surface area contributed by atoms with E-state index < -0.39 is 10.0 Å². The van der Waals surface area contributed by atoms with Crippen molar-refractivity contribution in [1.82, 2.24) is 9.21 Å². The summed E-state index contributed by atoms with van der Waals surface area (Å²) in [5.41, 5.74) is 0.569. The Morgan fingerprint density at radius 2 is 1.55 bits per heavy atom. The Bertz CT molecular complexity index is 975. The fraction of sp³-hybridized carbons (Fsp3) is 0.350. The van der Waals surface area contributed by atoms with Crippen molar-refractivity contribution in [3.63, 3.8) is 0 Å². The van der Waals surface area contributed by atoms with Crippen LogP contribution in [0.3, 0.4) is 0 Å². The number of amides is 1.